The Morgan fingerprint density at radius 3 is 2.14 bits per heavy atom. The summed E-state index contributed by atoms with van der Waals surface area (Å²) in [4.78, 5) is 2.37. The second-order valence-corrected chi connectivity index (χ2v) is 8.29. The van der Waals surface area contributed by atoms with E-state index in [1.165, 1.54) is 18.4 Å². The molecule has 1 N–H and O–H groups in total. The van der Waals surface area contributed by atoms with Crippen LogP contribution in [0.2, 0.25) is 0 Å². The molecule has 2 aromatic carbocycles. The van der Waals surface area contributed by atoms with Gasteiger partial charge in [0.2, 0.25) is 0 Å². The van der Waals surface area contributed by atoms with Crippen LogP contribution in [0.1, 0.15) is 57.1 Å². The van der Waals surface area contributed by atoms with Crippen molar-refractivity contribution in [1.29, 1.82) is 0 Å². The summed E-state index contributed by atoms with van der Waals surface area (Å²) >= 11 is 0. The molecule has 0 spiro atoms. The Labute approximate surface area is 182 Å². The summed E-state index contributed by atoms with van der Waals surface area (Å²) in [6, 6.07) is 21.1. The minimum Gasteiger partial charge on any atom is -1.00 e. The molecule has 29 heavy (non-hydrogen) atoms. The maximum atomic E-state index is 11.6. The highest BCUT2D eigenvalue weighted by Crippen LogP contribution is 2.42. The lowest BCUT2D eigenvalue weighted by Gasteiger charge is -2.33. The van der Waals surface area contributed by atoms with Crippen molar-refractivity contribution >= 4 is 0 Å². The number of aliphatic hydroxyl groups is 1. The molecule has 156 valence electrons. The molecule has 2 nitrogen and oxygen atoms in total. The molecular formula is C26H33ClNO-. The molecule has 0 bridgehead atoms. The summed E-state index contributed by atoms with van der Waals surface area (Å²) in [5.41, 5.74) is 1.50. The van der Waals surface area contributed by atoms with E-state index in [1.54, 1.807) is 0 Å². The molecule has 0 aliphatic heterocycles. The van der Waals surface area contributed by atoms with Crippen molar-refractivity contribution in [3.8, 4) is 11.8 Å². The number of hydrogen-bond acceptors (Lipinski definition) is 2. The maximum absolute atomic E-state index is 11.6. The first-order valence-electron chi connectivity index (χ1n) is 10.6. The van der Waals surface area contributed by atoms with Crippen LogP contribution in [-0.2, 0) is 12.1 Å². The van der Waals surface area contributed by atoms with Gasteiger partial charge in [-0.25, -0.2) is 0 Å². The van der Waals surface area contributed by atoms with Crippen LogP contribution in [-0.4, -0.2) is 22.6 Å². The fourth-order valence-corrected chi connectivity index (χ4v) is 4.21. The van der Waals surface area contributed by atoms with Gasteiger partial charge in [0.05, 0.1) is 6.54 Å². The van der Waals surface area contributed by atoms with Crippen LogP contribution < -0.4 is 12.4 Å². The Morgan fingerprint density at radius 1 is 0.966 bits per heavy atom. The predicted molar refractivity (Wildman–Crippen MR) is 117 cm³/mol. The van der Waals surface area contributed by atoms with Gasteiger partial charge in [-0.3, -0.25) is 4.90 Å². The van der Waals surface area contributed by atoms with Crippen molar-refractivity contribution in [3.63, 3.8) is 0 Å². The Bertz CT molecular complexity index is 775. The summed E-state index contributed by atoms with van der Waals surface area (Å²) in [6.07, 6.45) is 5.13. The Kier molecular flexibility index (Phi) is 9.24. The molecular weight excluding hydrogens is 378 g/mol. The van der Waals surface area contributed by atoms with Crippen LogP contribution in [0.25, 0.3) is 0 Å². The highest BCUT2D eigenvalue weighted by Gasteiger charge is 2.39. The molecule has 0 radical (unpaired) electrons. The first-order chi connectivity index (χ1) is 13.6. The van der Waals surface area contributed by atoms with E-state index in [0.29, 0.717) is 18.4 Å². The van der Waals surface area contributed by atoms with Gasteiger partial charge >= 0.3 is 0 Å². The molecule has 3 heteroatoms. The van der Waals surface area contributed by atoms with Crippen molar-refractivity contribution in [2.24, 2.45) is 5.92 Å². The smallest absolute Gasteiger partial charge is 0.103 e. The van der Waals surface area contributed by atoms with E-state index in [9.17, 15) is 5.11 Å². The lowest BCUT2D eigenvalue weighted by Crippen LogP contribution is -3.00. The number of benzene rings is 2. The van der Waals surface area contributed by atoms with E-state index in [2.05, 4.69) is 73.1 Å². The SMILES string of the molecule is CC(C)N(CC#CCC(O)(c1ccccc1)C1CCCC1)Cc1ccccc1.[Cl-]. The van der Waals surface area contributed by atoms with E-state index in [0.717, 1.165) is 31.5 Å². The fraction of sp³-hybridized carbons (Fsp3) is 0.462. The summed E-state index contributed by atoms with van der Waals surface area (Å²) in [5.74, 6) is 7.00. The minimum absolute atomic E-state index is 0. The number of nitrogens with zero attached hydrogens (tertiary/aromatic N) is 1. The standard InChI is InChI=1S/C26H33NO.ClH/c1-22(2)27(21-23-13-5-3-6-14-23)20-12-11-19-26(28,25-17-9-10-18-25)24-15-7-4-8-16-24;/h3-8,13-16,22,25,28H,9-10,17-21H2,1-2H3;1H/p-1. The van der Waals surface area contributed by atoms with Crippen molar-refractivity contribution in [2.75, 3.05) is 6.54 Å². The monoisotopic (exact) mass is 410 g/mol. The normalized spacial score (nSPS) is 16.2. The van der Waals surface area contributed by atoms with Gasteiger partial charge in [-0.05, 0) is 43.7 Å². The van der Waals surface area contributed by atoms with E-state index >= 15 is 0 Å². The van der Waals surface area contributed by atoms with Gasteiger partial charge in [0.1, 0.15) is 5.60 Å². The zero-order valence-corrected chi connectivity index (χ0v) is 18.4. The molecule has 1 aliphatic carbocycles. The minimum atomic E-state index is -0.827. The number of hydrogen-bond donors (Lipinski definition) is 1. The van der Waals surface area contributed by atoms with E-state index in [-0.39, 0.29) is 12.4 Å². The van der Waals surface area contributed by atoms with Crippen LogP contribution in [0.4, 0.5) is 0 Å². The van der Waals surface area contributed by atoms with Crippen molar-refractivity contribution in [2.45, 2.75) is 64.1 Å². The third-order valence-electron chi connectivity index (χ3n) is 6.03. The number of rotatable bonds is 7. The Hall–Kier alpha value is -1.79. The summed E-state index contributed by atoms with van der Waals surface area (Å²) < 4.78 is 0. The van der Waals surface area contributed by atoms with Crippen LogP contribution in [0, 0.1) is 17.8 Å². The van der Waals surface area contributed by atoms with Gasteiger partial charge in [0.15, 0.2) is 0 Å². The van der Waals surface area contributed by atoms with Gasteiger partial charge in [-0.1, -0.05) is 85.3 Å². The molecule has 1 unspecified atom stereocenters. The van der Waals surface area contributed by atoms with Crippen molar-refractivity contribution < 1.29 is 17.5 Å². The average Bonchev–Trinajstić information content (AvgIpc) is 3.27. The third kappa shape index (κ3) is 6.34. The van der Waals surface area contributed by atoms with Crippen LogP contribution in [0.5, 0.6) is 0 Å². The first-order valence-corrected chi connectivity index (χ1v) is 10.6. The highest BCUT2D eigenvalue weighted by atomic mass is 35.5. The Balaban J connectivity index is 0.00000300. The largest absolute Gasteiger partial charge is 1.00 e. The second-order valence-electron chi connectivity index (χ2n) is 8.29. The van der Waals surface area contributed by atoms with Crippen LogP contribution in [0.15, 0.2) is 60.7 Å². The van der Waals surface area contributed by atoms with Gasteiger partial charge in [-0.2, -0.15) is 0 Å². The molecule has 1 saturated carbocycles. The van der Waals surface area contributed by atoms with Crippen LogP contribution >= 0.6 is 0 Å². The molecule has 0 aromatic heterocycles. The predicted octanol–water partition coefficient (Wildman–Crippen LogP) is 2.37. The molecule has 3 rings (SSSR count). The quantitative estimate of drug-likeness (QED) is 0.708. The van der Waals surface area contributed by atoms with E-state index < -0.39 is 5.60 Å². The molecule has 0 saturated heterocycles. The zero-order valence-electron chi connectivity index (χ0n) is 17.7. The average molecular weight is 411 g/mol. The van der Waals surface area contributed by atoms with Crippen molar-refractivity contribution in [3.05, 3.63) is 71.8 Å². The Morgan fingerprint density at radius 2 is 1.55 bits per heavy atom. The number of halogens is 1. The van der Waals surface area contributed by atoms with E-state index in [1.807, 2.05) is 18.2 Å². The first kappa shape index (κ1) is 23.5. The summed E-state index contributed by atoms with van der Waals surface area (Å²) in [7, 11) is 0. The molecule has 0 heterocycles. The van der Waals surface area contributed by atoms with Gasteiger partial charge in [-0.15, -0.1) is 0 Å². The molecule has 1 aliphatic rings. The van der Waals surface area contributed by atoms with E-state index in [4.69, 9.17) is 0 Å². The maximum Gasteiger partial charge on any atom is 0.103 e. The highest BCUT2D eigenvalue weighted by molar-refractivity contribution is 5.26. The van der Waals surface area contributed by atoms with Gasteiger partial charge in [0.25, 0.3) is 0 Å². The lowest BCUT2D eigenvalue weighted by molar-refractivity contribution is -0.0173. The third-order valence-corrected chi connectivity index (χ3v) is 6.03. The van der Waals surface area contributed by atoms with Gasteiger partial charge < -0.3 is 17.5 Å². The molecule has 0 amide bonds. The molecule has 1 fully saturated rings. The summed E-state index contributed by atoms with van der Waals surface area (Å²) in [6.45, 7) is 6.05. The molecule has 1 atom stereocenters. The fourth-order valence-electron chi connectivity index (χ4n) is 4.21. The second kappa shape index (κ2) is 11.4. The van der Waals surface area contributed by atoms with Crippen molar-refractivity contribution in [1.82, 2.24) is 4.90 Å². The zero-order chi connectivity index (χ0) is 19.8. The summed E-state index contributed by atoms with van der Waals surface area (Å²) in [5, 5.41) is 11.6. The molecule has 2 aromatic rings. The van der Waals surface area contributed by atoms with Crippen LogP contribution in [0.3, 0.4) is 0 Å². The lowest BCUT2D eigenvalue weighted by atomic mass is 9.78. The van der Waals surface area contributed by atoms with Gasteiger partial charge in [0, 0.05) is 19.0 Å². The topological polar surface area (TPSA) is 23.5 Å².